The van der Waals surface area contributed by atoms with Crippen LogP contribution in [0, 0.1) is 0 Å². The van der Waals surface area contributed by atoms with E-state index in [0.717, 1.165) is 32.8 Å². The van der Waals surface area contributed by atoms with Gasteiger partial charge in [0.05, 0.1) is 0 Å². The van der Waals surface area contributed by atoms with Gasteiger partial charge in [0.15, 0.2) is 17.5 Å². The van der Waals surface area contributed by atoms with Gasteiger partial charge in [-0.2, -0.15) is 0 Å². The maximum absolute atomic E-state index is 5.17. The van der Waals surface area contributed by atoms with Gasteiger partial charge in [-0.25, -0.2) is 15.0 Å². The number of hydrogen-bond donors (Lipinski definition) is 0. The first-order valence-electron chi connectivity index (χ1n) is 17.1. The van der Waals surface area contributed by atoms with Crippen molar-refractivity contribution in [3.8, 4) is 56.4 Å². The Balaban J connectivity index is 1.21. The lowest BCUT2D eigenvalue weighted by molar-refractivity contribution is 1.08. The van der Waals surface area contributed by atoms with Crippen molar-refractivity contribution >= 4 is 53.1 Å². The molecule has 4 heteroatoms. The first-order chi connectivity index (χ1) is 25.3. The molecular weight excluding hydrogens is 639 g/mol. The van der Waals surface area contributed by atoms with Gasteiger partial charge in [0.25, 0.3) is 0 Å². The van der Waals surface area contributed by atoms with E-state index in [-0.39, 0.29) is 0 Å². The molecule has 3 nitrogen and oxygen atoms in total. The van der Waals surface area contributed by atoms with E-state index in [1.165, 1.54) is 47.8 Å². The van der Waals surface area contributed by atoms with E-state index >= 15 is 0 Å². The van der Waals surface area contributed by atoms with Crippen molar-refractivity contribution in [3.05, 3.63) is 176 Å². The Morgan fingerprint density at radius 1 is 0.314 bits per heavy atom. The molecule has 238 valence electrons. The Kier molecular flexibility index (Phi) is 7.00. The van der Waals surface area contributed by atoms with Crippen molar-refractivity contribution < 1.29 is 0 Å². The molecule has 8 aromatic carbocycles. The molecule has 10 aromatic rings. The Labute approximate surface area is 299 Å². The Morgan fingerprint density at radius 3 is 1.69 bits per heavy atom. The molecule has 2 aromatic heterocycles. The monoisotopic (exact) mass is 667 g/mol. The molecular formula is C47H29N3S. The van der Waals surface area contributed by atoms with Gasteiger partial charge in [0.1, 0.15) is 0 Å². The van der Waals surface area contributed by atoms with Crippen LogP contribution in [0.15, 0.2) is 176 Å². The van der Waals surface area contributed by atoms with E-state index in [1.807, 2.05) is 29.5 Å². The number of benzene rings is 8. The maximum atomic E-state index is 5.17. The molecule has 0 unspecified atom stereocenters. The highest BCUT2D eigenvalue weighted by molar-refractivity contribution is 7.26. The molecule has 10 rings (SSSR count). The zero-order valence-corrected chi connectivity index (χ0v) is 28.3. The number of thiophene rings is 1. The van der Waals surface area contributed by atoms with Gasteiger partial charge in [-0.05, 0) is 74.1 Å². The smallest absolute Gasteiger partial charge is 0.164 e. The fourth-order valence-electron chi connectivity index (χ4n) is 7.26. The van der Waals surface area contributed by atoms with Crippen molar-refractivity contribution in [1.29, 1.82) is 0 Å². The van der Waals surface area contributed by atoms with Crippen LogP contribution in [0.5, 0.6) is 0 Å². The summed E-state index contributed by atoms with van der Waals surface area (Å²) in [5, 5.41) is 7.17. The number of hydrogen-bond acceptors (Lipinski definition) is 4. The van der Waals surface area contributed by atoms with Crippen molar-refractivity contribution in [2.75, 3.05) is 0 Å². The minimum atomic E-state index is 0.652. The largest absolute Gasteiger partial charge is 0.208 e. The lowest BCUT2D eigenvalue weighted by Gasteiger charge is -2.15. The third kappa shape index (κ3) is 5.16. The summed E-state index contributed by atoms with van der Waals surface area (Å²) >= 11 is 1.86. The minimum absolute atomic E-state index is 0.652. The second-order valence-corrected chi connectivity index (χ2v) is 13.9. The second kappa shape index (κ2) is 12.1. The van der Waals surface area contributed by atoms with E-state index in [4.69, 9.17) is 15.0 Å². The van der Waals surface area contributed by atoms with E-state index in [1.54, 1.807) is 0 Å². The third-order valence-electron chi connectivity index (χ3n) is 9.72. The lowest BCUT2D eigenvalue weighted by Crippen LogP contribution is -2.01. The van der Waals surface area contributed by atoms with Gasteiger partial charge in [-0.1, -0.05) is 146 Å². The second-order valence-electron chi connectivity index (χ2n) is 12.8. The molecule has 0 aliphatic rings. The summed E-state index contributed by atoms with van der Waals surface area (Å²) in [6.45, 7) is 0. The summed E-state index contributed by atoms with van der Waals surface area (Å²) in [6.07, 6.45) is 0. The van der Waals surface area contributed by atoms with Crippen LogP contribution in [0.3, 0.4) is 0 Å². The first kappa shape index (κ1) is 29.4. The molecule has 0 N–H and O–H groups in total. The highest BCUT2D eigenvalue weighted by Gasteiger charge is 2.19. The zero-order valence-electron chi connectivity index (χ0n) is 27.5. The predicted octanol–water partition coefficient (Wildman–Crippen LogP) is 12.9. The molecule has 0 aliphatic carbocycles. The molecule has 0 saturated heterocycles. The van der Waals surface area contributed by atoms with Crippen LogP contribution >= 0.6 is 11.3 Å². The SMILES string of the molecule is c1ccc(-c2cc(-c3ccc(-c4nc(-c5ccccc5)nc(-c5ccc6ccccc6c5)n4)c4ccccc34)c3c(c2)sc2ccccc23)cc1. The van der Waals surface area contributed by atoms with Gasteiger partial charge in [-0.3, -0.25) is 0 Å². The van der Waals surface area contributed by atoms with Crippen LogP contribution in [0.4, 0.5) is 0 Å². The molecule has 0 atom stereocenters. The molecule has 0 aliphatic heterocycles. The molecule has 0 radical (unpaired) electrons. The number of nitrogens with zero attached hydrogens (tertiary/aromatic N) is 3. The first-order valence-corrected chi connectivity index (χ1v) is 17.9. The topological polar surface area (TPSA) is 38.7 Å². The molecule has 0 fully saturated rings. The van der Waals surface area contributed by atoms with Crippen LogP contribution < -0.4 is 0 Å². The van der Waals surface area contributed by atoms with Crippen LogP contribution in [0.25, 0.3) is 98.1 Å². The fourth-order valence-corrected chi connectivity index (χ4v) is 8.43. The van der Waals surface area contributed by atoms with E-state index < -0.39 is 0 Å². The number of rotatable bonds is 5. The van der Waals surface area contributed by atoms with Gasteiger partial charge in [-0.15, -0.1) is 11.3 Å². The van der Waals surface area contributed by atoms with Crippen LogP contribution in [0.1, 0.15) is 0 Å². The van der Waals surface area contributed by atoms with E-state index in [9.17, 15) is 0 Å². The van der Waals surface area contributed by atoms with Gasteiger partial charge >= 0.3 is 0 Å². The average Bonchev–Trinajstić information content (AvgIpc) is 3.59. The molecule has 0 bridgehead atoms. The Bertz CT molecular complexity index is 2910. The Hall–Kier alpha value is -6.49. The van der Waals surface area contributed by atoms with Crippen molar-refractivity contribution in [1.82, 2.24) is 15.0 Å². The van der Waals surface area contributed by atoms with Crippen molar-refractivity contribution in [2.45, 2.75) is 0 Å². The van der Waals surface area contributed by atoms with Crippen molar-refractivity contribution in [3.63, 3.8) is 0 Å². The zero-order chi connectivity index (χ0) is 33.7. The Morgan fingerprint density at radius 2 is 0.902 bits per heavy atom. The minimum Gasteiger partial charge on any atom is -0.208 e. The quantitative estimate of drug-likeness (QED) is 0.183. The maximum Gasteiger partial charge on any atom is 0.164 e. The number of aromatic nitrogens is 3. The summed E-state index contributed by atoms with van der Waals surface area (Å²) in [7, 11) is 0. The van der Waals surface area contributed by atoms with Crippen LogP contribution in [-0.4, -0.2) is 15.0 Å². The number of fused-ring (bicyclic) bond motifs is 5. The third-order valence-corrected chi connectivity index (χ3v) is 10.8. The lowest BCUT2D eigenvalue weighted by atomic mass is 9.90. The van der Waals surface area contributed by atoms with E-state index in [2.05, 4.69) is 158 Å². The summed E-state index contributed by atoms with van der Waals surface area (Å²) in [5.41, 5.74) is 7.72. The normalized spacial score (nSPS) is 11.5. The standard InChI is InChI=1S/C47H29N3S/c1-3-13-30(14-4-1)35-28-41(44-40-21-11-12-22-42(40)51-43(44)29-35)38-25-26-39(37-20-10-9-19-36(37)38)47-49-45(32-16-5-2-6-17-32)48-46(50-47)34-24-23-31-15-7-8-18-33(31)27-34/h1-29H. The van der Waals surface area contributed by atoms with Crippen LogP contribution in [-0.2, 0) is 0 Å². The molecule has 0 saturated carbocycles. The fraction of sp³-hybridized carbons (Fsp3) is 0. The average molecular weight is 668 g/mol. The molecule has 51 heavy (non-hydrogen) atoms. The van der Waals surface area contributed by atoms with Gasteiger partial charge in [0.2, 0.25) is 0 Å². The molecule has 0 spiro atoms. The van der Waals surface area contributed by atoms with E-state index in [0.29, 0.717) is 17.5 Å². The van der Waals surface area contributed by atoms with Gasteiger partial charge < -0.3 is 0 Å². The summed E-state index contributed by atoms with van der Waals surface area (Å²) in [6, 6.07) is 62.2. The highest BCUT2D eigenvalue weighted by Crippen LogP contribution is 2.45. The molecule has 0 amide bonds. The summed E-state index contributed by atoms with van der Waals surface area (Å²) < 4.78 is 2.57. The van der Waals surface area contributed by atoms with Gasteiger partial charge in [0, 0.05) is 36.9 Å². The summed E-state index contributed by atoms with van der Waals surface area (Å²) in [4.78, 5) is 15.3. The predicted molar refractivity (Wildman–Crippen MR) is 215 cm³/mol. The molecule has 2 heterocycles. The summed E-state index contributed by atoms with van der Waals surface area (Å²) in [5.74, 6) is 1.96. The van der Waals surface area contributed by atoms with Crippen LogP contribution in [0.2, 0.25) is 0 Å². The van der Waals surface area contributed by atoms with Crippen molar-refractivity contribution in [2.24, 2.45) is 0 Å². The highest BCUT2D eigenvalue weighted by atomic mass is 32.1.